The summed E-state index contributed by atoms with van der Waals surface area (Å²) in [7, 11) is 2.02. The number of rotatable bonds is 6. The number of benzene rings is 1. The van der Waals surface area contributed by atoms with Crippen LogP contribution in [0, 0.1) is 6.92 Å². The van der Waals surface area contributed by atoms with Gasteiger partial charge >= 0.3 is 0 Å². The van der Waals surface area contributed by atoms with Gasteiger partial charge in [-0.25, -0.2) is 4.99 Å². The first-order valence-corrected chi connectivity index (χ1v) is 8.76. The Kier molecular flexibility index (Phi) is 6.46. The Morgan fingerprint density at radius 3 is 2.65 bits per heavy atom. The van der Waals surface area contributed by atoms with Crippen molar-refractivity contribution < 1.29 is 4.52 Å². The second-order valence-corrected chi connectivity index (χ2v) is 5.98. The Morgan fingerprint density at radius 1 is 1.35 bits per heavy atom. The molecule has 0 amide bonds. The van der Waals surface area contributed by atoms with E-state index in [1.165, 1.54) is 10.5 Å². The van der Waals surface area contributed by atoms with Gasteiger partial charge in [-0.2, -0.15) is 4.98 Å². The zero-order valence-corrected chi connectivity index (χ0v) is 14.9. The predicted molar refractivity (Wildman–Crippen MR) is 93.5 cm³/mol. The van der Waals surface area contributed by atoms with Crippen molar-refractivity contribution in [1.29, 1.82) is 0 Å². The van der Waals surface area contributed by atoms with Gasteiger partial charge in [-0.3, -0.25) is 0 Å². The van der Waals surface area contributed by atoms with Crippen LogP contribution >= 0.6 is 11.8 Å². The van der Waals surface area contributed by atoms with Gasteiger partial charge in [0.25, 0.3) is 0 Å². The van der Waals surface area contributed by atoms with Crippen molar-refractivity contribution in [2.75, 3.05) is 19.8 Å². The lowest BCUT2D eigenvalue weighted by atomic mass is 10.2. The van der Waals surface area contributed by atoms with E-state index >= 15 is 0 Å². The number of thioether (sulfide) groups is 1. The smallest absolute Gasteiger partial charge is 0.223 e. The highest BCUT2D eigenvalue weighted by Crippen LogP contribution is 2.15. The highest BCUT2D eigenvalue weighted by Gasteiger charge is 2.08. The van der Waals surface area contributed by atoms with Gasteiger partial charge < -0.3 is 14.7 Å². The molecule has 0 aliphatic rings. The largest absolute Gasteiger partial charge is 0.357 e. The summed E-state index contributed by atoms with van der Waals surface area (Å²) in [6.45, 7) is 5.81. The second kappa shape index (κ2) is 8.57. The van der Waals surface area contributed by atoms with Gasteiger partial charge in [0.05, 0.1) is 0 Å². The van der Waals surface area contributed by atoms with Crippen molar-refractivity contribution in [3.05, 3.63) is 41.5 Å². The fourth-order valence-electron chi connectivity index (χ4n) is 2.10. The normalized spacial score (nSPS) is 11.6. The molecule has 7 heteroatoms. The molecule has 0 aliphatic heterocycles. The van der Waals surface area contributed by atoms with E-state index in [0.29, 0.717) is 18.3 Å². The maximum absolute atomic E-state index is 4.97. The predicted octanol–water partition coefficient (Wildman–Crippen LogP) is 2.70. The first-order valence-electron chi connectivity index (χ1n) is 7.54. The van der Waals surface area contributed by atoms with Gasteiger partial charge in [-0.15, -0.1) is 11.8 Å². The molecule has 2 aromatic rings. The lowest BCUT2D eigenvalue weighted by Gasteiger charge is -2.22. The first kappa shape index (κ1) is 17.3. The number of nitrogens with zero attached hydrogens (tertiary/aromatic N) is 4. The van der Waals surface area contributed by atoms with E-state index < -0.39 is 0 Å². The molecule has 23 heavy (non-hydrogen) atoms. The van der Waals surface area contributed by atoms with Crippen LogP contribution in [0.25, 0.3) is 0 Å². The summed E-state index contributed by atoms with van der Waals surface area (Å²) in [6, 6.07) is 8.57. The summed E-state index contributed by atoms with van der Waals surface area (Å²) in [4.78, 5) is 12.1. The molecule has 0 unspecified atom stereocenters. The van der Waals surface area contributed by atoms with E-state index in [4.69, 9.17) is 4.52 Å². The van der Waals surface area contributed by atoms with Gasteiger partial charge in [0.2, 0.25) is 5.89 Å². The summed E-state index contributed by atoms with van der Waals surface area (Å²) < 4.78 is 4.97. The average molecular weight is 333 g/mol. The molecule has 0 radical (unpaired) electrons. The van der Waals surface area contributed by atoms with Crippen molar-refractivity contribution in [2.45, 2.75) is 31.8 Å². The van der Waals surface area contributed by atoms with Crippen LogP contribution in [-0.4, -0.2) is 40.8 Å². The van der Waals surface area contributed by atoms with Crippen molar-refractivity contribution in [3.8, 4) is 0 Å². The molecule has 0 bridgehead atoms. The third-order valence-electron chi connectivity index (χ3n) is 3.22. The number of aryl methyl sites for hydroxylation is 1. The standard InChI is InChI=1S/C16H23N5OS/c1-5-17-16(18-10-15-19-12(2)22-20-15)21(3)11-13-6-8-14(23-4)9-7-13/h6-9H,5,10-11H2,1-4H3,(H,17,18). The van der Waals surface area contributed by atoms with Crippen LogP contribution < -0.4 is 5.32 Å². The van der Waals surface area contributed by atoms with Gasteiger partial charge in [0, 0.05) is 32.0 Å². The quantitative estimate of drug-likeness (QED) is 0.498. The molecule has 1 heterocycles. The molecule has 1 N–H and O–H groups in total. The van der Waals surface area contributed by atoms with E-state index in [1.807, 2.05) is 7.05 Å². The lowest BCUT2D eigenvalue weighted by Crippen LogP contribution is -2.38. The van der Waals surface area contributed by atoms with Gasteiger partial charge in [-0.05, 0) is 30.9 Å². The van der Waals surface area contributed by atoms with E-state index in [1.54, 1.807) is 18.7 Å². The Hall–Kier alpha value is -2.02. The number of aromatic nitrogens is 2. The highest BCUT2D eigenvalue weighted by atomic mass is 32.2. The molecule has 0 atom stereocenters. The highest BCUT2D eigenvalue weighted by molar-refractivity contribution is 7.98. The molecule has 2 rings (SSSR count). The van der Waals surface area contributed by atoms with Gasteiger partial charge in [0.1, 0.15) is 6.54 Å². The SMILES string of the molecule is CCNC(=NCc1noc(C)n1)N(C)Cc1ccc(SC)cc1. The van der Waals surface area contributed by atoms with Crippen molar-refractivity contribution in [1.82, 2.24) is 20.4 Å². The van der Waals surface area contributed by atoms with Crippen LogP contribution in [0.1, 0.15) is 24.2 Å². The Balaban J connectivity index is 2.02. The molecule has 6 nitrogen and oxygen atoms in total. The molecule has 124 valence electrons. The van der Waals surface area contributed by atoms with Crippen molar-refractivity contribution in [3.63, 3.8) is 0 Å². The third-order valence-corrected chi connectivity index (χ3v) is 3.96. The number of hydrogen-bond donors (Lipinski definition) is 1. The topological polar surface area (TPSA) is 66.5 Å². The molecule has 0 fully saturated rings. The van der Waals surface area contributed by atoms with Crippen LogP contribution in [0.3, 0.4) is 0 Å². The summed E-state index contributed by atoms with van der Waals surface area (Å²) >= 11 is 1.75. The molecular formula is C16H23N5OS. The fourth-order valence-corrected chi connectivity index (χ4v) is 2.51. The lowest BCUT2D eigenvalue weighted by molar-refractivity contribution is 0.387. The first-order chi connectivity index (χ1) is 11.1. The molecule has 0 spiro atoms. The number of hydrogen-bond acceptors (Lipinski definition) is 5. The number of aliphatic imine (C=N–C) groups is 1. The van der Waals surface area contributed by atoms with E-state index in [2.05, 4.69) is 62.8 Å². The molecular weight excluding hydrogens is 310 g/mol. The molecule has 0 saturated heterocycles. The Morgan fingerprint density at radius 2 is 2.09 bits per heavy atom. The Labute approximate surface area is 141 Å². The number of guanidine groups is 1. The van der Waals surface area contributed by atoms with Crippen LogP contribution in [0.2, 0.25) is 0 Å². The zero-order valence-electron chi connectivity index (χ0n) is 14.0. The van der Waals surface area contributed by atoms with E-state index in [0.717, 1.165) is 19.0 Å². The van der Waals surface area contributed by atoms with Crippen LogP contribution in [0.5, 0.6) is 0 Å². The monoisotopic (exact) mass is 333 g/mol. The molecule has 0 aliphatic carbocycles. The third kappa shape index (κ3) is 5.28. The van der Waals surface area contributed by atoms with E-state index in [9.17, 15) is 0 Å². The minimum absolute atomic E-state index is 0.398. The average Bonchev–Trinajstić information content (AvgIpc) is 2.97. The van der Waals surface area contributed by atoms with Crippen LogP contribution in [-0.2, 0) is 13.1 Å². The van der Waals surface area contributed by atoms with Crippen molar-refractivity contribution >= 4 is 17.7 Å². The fraction of sp³-hybridized carbons (Fsp3) is 0.438. The van der Waals surface area contributed by atoms with Gasteiger partial charge in [0.15, 0.2) is 11.8 Å². The van der Waals surface area contributed by atoms with E-state index in [-0.39, 0.29) is 0 Å². The minimum atomic E-state index is 0.398. The summed E-state index contributed by atoms with van der Waals surface area (Å²) in [5, 5.41) is 7.16. The molecule has 1 aromatic carbocycles. The summed E-state index contributed by atoms with van der Waals surface area (Å²) in [5.41, 5.74) is 1.24. The summed E-state index contributed by atoms with van der Waals surface area (Å²) in [6.07, 6.45) is 2.08. The maximum atomic E-state index is 4.97. The number of nitrogens with one attached hydrogen (secondary N) is 1. The zero-order chi connectivity index (χ0) is 16.7. The summed E-state index contributed by atoms with van der Waals surface area (Å²) in [5.74, 6) is 1.97. The minimum Gasteiger partial charge on any atom is -0.357 e. The molecule has 0 saturated carbocycles. The van der Waals surface area contributed by atoms with Crippen LogP contribution in [0.4, 0.5) is 0 Å². The Bertz CT molecular complexity index is 638. The van der Waals surface area contributed by atoms with Crippen molar-refractivity contribution in [2.24, 2.45) is 4.99 Å². The van der Waals surface area contributed by atoms with Crippen LogP contribution in [0.15, 0.2) is 38.7 Å². The second-order valence-electron chi connectivity index (χ2n) is 5.10. The maximum Gasteiger partial charge on any atom is 0.223 e. The van der Waals surface area contributed by atoms with Gasteiger partial charge in [-0.1, -0.05) is 17.3 Å². The molecule has 1 aromatic heterocycles.